The highest BCUT2D eigenvalue weighted by atomic mass is 16.5. The number of rotatable bonds is 7. The number of nitrogens with one attached hydrogen (secondary N) is 2. The molecule has 1 heterocycles. The SMILES string of the molecule is CCCOc1ccc(-c2cnc(CNC(C)C)[nH]2)cc1. The van der Waals surface area contributed by atoms with Gasteiger partial charge in [0.1, 0.15) is 11.6 Å². The van der Waals surface area contributed by atoms with E-state index >= 15 is 0 Å². The van der Waals surface area contributed by atoms with Crippen molar-refractivity contribution >= 4 is 0 Å². The van der Waals surface area contributed by atoms with E-state index < -0.39 is 0 Å². The molecule has 20 heavy (non-hydrogen) atoms. The van der Waals surface area contributed by atoms with Crippen LogP contribution in [-0.2, 0) is 6.54 Å². The van der Waals surface area contributed by atoms with Gasteiger partial charge in [-0.05, 0) is 36.2 Å². The number of benzene rings is 1. The van der Waals surface area contributed by atoms with E-state index in [9.17, 15) is 0 Å². The highest BCUT2D eigenvalue weighted by Crippen LogP contribution is 2.21. The molecule has 0 aliphatic heterocycles. The zero-order valence-corrected chi connectivity index (χ0v) is 12.4. The van der Waals surface area contributed by atoms with Crippen LogP contribution in [0.2, 0.25) is 0 Å². The lowest BCUT2D eigenvalue weighted by atomic mass is 10.2. The van der Waals surface area contributed by atoms with Gasteiger partial charge >= 0.3 is 0 Å². The predicted molar refractivity (Wildman–Crippen MR) is 81.8 cm³/mol. The molecule has 2 aromatic rings. The van der Waals surface area contributed by atoms with Gasteiger partial charge < -0.3 is 15.0 Å². The van der Waals surface area contributed by atoms with E-state index in [0.29, 0.717) is 6.04 Å². The van der Waals surface area contributed by atoms with Crippen molar-refractivity contribution in [3.05, 3.63) is 36.3 Å². The van der Waals surface area contributed by atoms with E-state index in [0.717, 1.165) is 42.4 Å². The summed E-state index contributed by atoms with van der Waals surface area (Å²) in [6.07, 6.45) is 2.90. The van der Waals surface area contributed by atoms with Gasteiger partial charge in [-0.25, -0.2) is 4.98 Å². The fraction of sp³-hybridized carbons (Fsp3) is 0.438. The number of H-pyrrole nitrogens is 1. The Morgan fingerprint density at radius 2 is 2.00 bits per heavy atom. The van der Waals surface area contributed by atoms with Crippen LogP contribution in [0.25, 0.3) is 11.3 Å². The van der Waals surface area contributed by atoms with Crippen molar-refractivity contribution in [3.63, 3.8) is 0 Å². The minimum Gasteiger partial charge on any atom is -0.494 e. The monoisotopic (exact) mass is 273 g/mol. The van der Waals surface area contributed by atoms with Crippen LogP contribution >= 0.6 is 0 Å². The van der Waals surface area contributed by atoms with Gasteiger partial charge in [0.25, 0.3) is 0 Å². The molecule has 0 atom stereocenters. The Bertz CT molecular complexity index is 517. The molecule has 0 aliphatic rings. The molecule has 0 amide bonds. The molecular formula is C16H23N3O. The number of aromatic amines is 1. The molecular weight excluding hydrogens is 250 g/mol. The second-order valence-corrected chi connectivity index (χ2v) is 5.15. The molecule has 0 spiro atoms. The van der Waals surface area contributed by atoms with Crippen molar-refractivity contribution in [2.75, 3.05) is 6.61 Å². The van der Waals surface area contributed by atoms with E-state index in [4.69, 9.17) is 4.74 Å². The zero-order chi connectivity index (χ0) is 14.4. The first-order valence-corrected chi connectivity index (χ1v) is 7.19. The van der Waals surface area contributed by atoms with Crippen LogP contribution in [0.1, 0.15) is 33.0 Å². The number of ether oxygens (including phenoxy) is 1. The molecule has 0 fully saturated rings. The highest BCUT2D eigenvalue weighted by molar-refractivity contribution is 5.59. The molecule has 0 aliphatic carbocycles. The van der Waals surface area contributed by atoms with Crippen LogP contribution < -0.4 is 10.1 Å². The first kappa shape index (κ1) is 14.6. The van der Waals surface area contributed by atoms with E-state index in [1.807, 2.05) is 18.3 Å². The zero-order valence-electron chi connectivity index (χ0n) is 12.4. The van der Waals surface area contributed by atoms with E-state index in [2.05, 4.69) is 48.2 Å². The molecule has 0 unspecified atom stereocenters. The van der Waals surface area contributed by atoms with Gasteiger partial charge in [-0.1, -0.05) is 20.8 Å². The van der Waals surface area contributed by atoms with Crippen molar-refractivity contribution in [2.24, 2.45) is 0 Å². The second kappa shape index (κ2) is 7.10. The molecule has 2 N–H and O–H groups in total. The molecule has 1 aromatic carbocycles. The number of imidazole rings is 1. The summed E-state index contributed by atoms with van der Waals surface area (Å²) in [6, 6.07) is 8.56. The van der Waals surface area contributed by atoms with E-state index in [1.165, 1.54) is 0 Å². The smallest absolute Gasteiger partial charge is 0.120 e. The first-order valence-electron chi connectivity index (χ1n) is 7.19. The summed E-state index contributed by atoms with van der Waals surface area (Å²) in [5.74, 6) is 1.87. The van der Waals surface area contributed by atoms with Crippen molar-refractivity contribution in [2.45, 2.75) is 39.8 Å². The van der Waals surface area contributed by atoms with Crippen LogP contribution in [0, 0.1) is 0 Å². The van der Waals surface area contributed by atoms with Crippen LogP contribution in [-0.4, -0.2) is 22.6 Å². The number of nitrogens with zero attached hydrogens (tertiary/aromatic N) is 1. The summed E-state index contributed by atoms with van der Waals surface area (Å²) in [7, 11) is 0. The maximum Gasteiger partial charge on any atom is 0.120 e. The summed E-state index contributed by atoms with van der Waals surface area (Å²) in [5.41, 5.74) is 2.16. The third-order valence-electron chi connectivity index (χ3n) is 2.94. The Kier molecular flexibility index (Phi) is 5.18. The predicted octanol–water partition coefficient (Wildman–Crippen LogP) is 3.36. The van der Waals surface area contributed by atoms with Crippen molar-refractivity contribution in [1.82, 2.24) is 15.3 Å². The second-order valence-electron chi connectivity index (χ2n) is 5.15. The lowest BCUT2D eigenvalue weighted by Crippen LogP contribution is -2.22. The number of hydrogen-bond donors (Lipinski definition) is 2. The summed E-state index contributed by atoms with van der Waals surface area (Å²) < 4.78 is 5.58. The topological polar surface area (TPSA) is 49.9 Å². The molecule has 4 heteroatoms. The highest BCUT2D eigenvalue weighted by Gasteiger charge is 2.04. The average Bonchev–Trinajstić information content (AvgIpc) is 2.92. The first-order chi connectivity index (χ1) is 9.69. The maximum absolute atomic E-state index is 5.58. The minimum atomic E-state index is 0.457. The summed E-state index contributed by atoms with van der Waals surface area (Å²) in [6.45, 7) is 7.87. The Balaban J connectivity index is 2.00. The molecule has 108 valence electrons. The molecule has 0 saturated heterocycles. The van der Waals surface area contributed by atoms with Gasteiger partial charge in [0.05, 0.1) is 25.0 Å². The fourth-order valence-corrected chi connectivity index (χ4v) is 1.85. The number of aromatic nitrogens is 2. The van der Waals surface area contributed by atoms with Crippen LogP contribution in [0.4, 0.5) is 0 Å². The third kappa shape index (κ3) is 4.10. The third-order valence-corrected chi connectivity index (χ3v) is 2.94. The van der Waals surface area contributed by atoms with Gasteiger partial charge in [-0.15, -0.1) is 0 Å². The lowest BCUT2D eigenvalue weighted by molar-refractivity contribution is 0.317. The van der Waals surface area contributed by atoms with Crippen LogP contribution in [0.3, 0.4) is 0 Å². The summed E-state index contributed by atoms with van der Waals surface area (Å²) in [4.78, 5) is 7.72. The normalized spacial score (nSPS) is 11.0. The van der Waals surface area contributed by atoms with Crippen LogP contribution in [0.5, 0.6) is 5.75 Å². The standard InChI is InChI=1S/C16H23N3O/c1-4-9-20-14-7-5-13(6-8-14)15-10-18-16(19-15)11-17-12(2)3/h5-8,10,12,17H,4,9,11H2,1-3H3,(H,18,19). The molecule has 1 aromatic heterocycles. The van der Waals surface area contributed by atoms with E-state index in [1.54, 1.807) is 0 Å². The average molecular weight is 273 g/mol. The molecule has 4 nitrogen and oxygen atoms in total. The molecule has 0 radical (unpaired) electrons. The van der Waals surface area contributed by atoms with Gasteiger partial charge in [0, 0.05) is 6.04 Å². The minimum absolute atomic E-state index is 0.457. The molecule has 2 rings (SSSR count). The molecule has 0 bridgehead atoms. The van der Waals surface area contributed by atoms with Crippen LogP contribution in [0.15, 0.2) is 30.5 Å². The lowest BCUT2D eigenvalue weighted by Gasteiger charge is -2.06. The van der Waals surface area contributed by atoms with Gasteiger partial charge in [-0.3, -0.25) is 0 Å². The summed E-state index contributed by atoms with van der Waals surface area (Å²) >= 11 is 0. The molecule has 0 saturated carbocycles. The van der Waals surface area contributed by atoms with Gasteiger partial charge in [0.2, 0.25) is 0 Å². The Hall–Kier alpha value is -1.81. The van der Waals surface area contributed by atoms with Gasteiger partial charge in [0.15, 0.2) is 0 Å². The van der Waals surface area contributed by atoms with Crippen molar-refractivity contribution < 1.29 is 4.74 Å². The maximum atomic E-state index is 5.58. The fourth-order valence-electron chi connectivity index (χ4n) is 1.85. The Morgan fingerprint density at radius 3 is 2.65 bits per heavy atom. The Labute approximate surface area is 120 Å². The van der Waals surface area contributed by atoms with Crippen molar-refractivity contribution in [3.8, 4) is 17.0 Å². The largest absolute Gasteiger partial charge is 0.494 e. The Morgan fingerprint density at radius 1 is 1.25 bits per heavy atom. The van der Waals surface area contributed by atoms with Crippen molar-refractivity contribution in [1.29, 1.82) is 0 Å². The van der Waals surface area contributed by atoms with E-state index in [-0.39, 0.29) is 0 Å². The summed E-state index contributed by atoms with van der Waals surface area (Å²) in [5, 5.41) is 3.35. The van der Waals surface area contributed by atoms with Gasteiger partial charge in [-0.2, -0.15) is 0 Å². The quantitative estimate of drug-likeness (QED) is 0.813. The number of hydrogen-bond acceptors (Lipinski definition) is 3.